The normalized spacial score (nSPS) is 17.2. The van der Waals surface area contributed by atoms with E-state index in [0.29, 0.717) is 25.1 Å². The van der Waals surface area contributed by atoms with Crippen LogP contribution in [0.1, 0.15) is 32.6 Å². The van der Waals surface area contributed by atoms with Crippen molar-refractivity contribution in [3.05, 3.63) is 87.4 Å². The van der Waals surface area contributed by atoms with Crippen LogP contribution in [0.15, 0.2) is 54.6 Å². The lowest BCUT2D eigenvalue weighted by molar-refractivity contribution is 0.0322. The Bertz CT molecular complexity index is 1400. The lowest BCUT2D eigenvalue weighted by Gasteiger charge is -2.38. The number of halogens is 1. The highest BCUT2D eigenvalue weighted by Crippen LogP contribution is 2.34. The molecule has 1 saturated heterocycles. The van der Waals surface area contributed by atoms with Crippen LogP contribution in [0.2, 0.25) is 5.02 Å². The molecule has 0 aliphatic carbocycles. The van der Waals surface area contributed by atoms with E-state index in [9.17, 15) is 15.0 Å². The van der Waals surface area contributed by atoms with Crippen LogP contribution < -0.4 is 10.1 Å². The first-order valence-corrected chi connectivity index (χ1v) is 13.6. The van der Waals surface area contributed by atoms with Gasteiger partial charge in [-0.2, -0.15) is 5.26 Å². The number of amides is 1. The van der Waals surface area contributed by atoms with E-state index >= 15 is 0 Å². The molecule has 1 fully saturated rings. The summed E-state index contributed by atoms with van der Waals surface area (Å²) in [6, 6.07) is 17.7. The number of nitriles is 1. The number of morpholine rings is 1. The molecular formula is C30H31ClN4O5. The number of ether oxygens (including phenoxy) is 2. The minimum absolute atomic E-state index is 0.00865. The zero-order valence-corrected chi connectivity index (χ0v) is 22.7. The topological polar surface area (TPSA) is 118 Å². The van der Waals surface area contributed by atoms with Crippen LogP contribution in [-0.4, -0.2) is 71.5 Å². The summed E-state index contributed by atoms with van der Waals surface area (Å²) in [5.41, 5.74) is 3.61. The molecule has 0 saturated carbocycles. The van der Waals surface area contributed by atoms with Crippen molar-refractivity contribution in [3.8, 4) is 23.3 Å². The first-order valence-electron chi connectivity index (χ1n) is 13.2. The van der Waals surface area contributed by atoms with Crippen LogP contribution in [0.25, 0.3) is 0 Å². The largest absolute Gasteiger partial charge is 0.507 e. The summed E-state index contributed by atoms with van der Waals surface area (Å²) >= 11 is 6.08. The second-order valence-corrected chi connectivity index (χ2v) is 10.3. The van der Waals surface area contributed by atoms with Gasteiger partial charge in [-0.15, -0.1) is 0 Å². The molecule has 2 heterocycles. The third-order valence-electron chi connectivity index (χ3n) is 7.27. The van der Waals surface area contributed by atoms with Gasteiger partial charge in [0.1, 0.15) is 23.9 Å². The SMILES string of the molecule is N#Cc1ccc(CN[C@H]2Cc3ccc(OCCN4CCOCC4)cc3CN2C(=O)c2cc(Cl)c(O)cc2O)cc1. The maximum atomic E-state index is 13.7. The average Bonchev–Trinajstić information content (AvgIpc) is 2.98. The van der Waals surface area contributed by atoms with Gasteiger partial charge in [-0.05, 0) is 47.0 Å². The van der Waals surface area contributed by atoms with Crippen LogP contribution in [-0.2, 0) is 24.2 Å². The highest BCUT2D eigenvalue weighted by Gasteiger charge is 2.32. The molecule has 0 unspecified atom stereocenters. The molecule has 208 valence electrons. The smallest absolute Gasteiger partial charge is 0.259 e. The first-order chi connectivity index (χ1) is 19.4. The fraction of sp³-hybridized carbons (Fsp3) is 0.333. The number of benzene rings is 3. The molecular weight excluding hydrogens is 532 g/mol. The molecule has 1 amide bonds. The van der Waals surface area contributed by atoms with Gasteiger partial charge in [0.15, 0.2) is 0 Å². The lowest BCUT2D eigenvalue weighted by atomic mass is 9.96. The Morgan fingerprint density at radius 2 is 1.85 bits per heavy atom. The molecule has 3 N–H and O–H groups in total. The molecule has 2 aliphatic rings. The van der Waals surface area contributed by atoms with Gasteiger partial charge < -0.3 is 24.6 Å². The molecule has 5 rings (SSSR count). The molecule has 9 nitrogen and oxygen atoms in total. The van der Waals surface area contributed by atoms with E-state index in [4.69, 9.17) is 26.3 Å². The fourth-order valence-corrected chi connectivity index (χ4v) is 5.14. The Morgan fingerprint density at radius 1 is 1.07 bits per heavy atom. The highest BCUT2D eigenvalue weighted by atomic mass is 35.5. The van der Waals surface area contributed by atoms with Gasteiger partial charge in [0.05, 0.1) is 41.6 Å². The highest BCUT2D eigenvalue weighted by molar-refractivity contribution is 6.32. The Balaban J connectivity index is 1.34. The average molecular weight is 563 g/mol. The van der Waals surface area contributed by atoms with Crippen molar-refractivity contribution in [2.45, 2.75) is 25.7 Å². The predicted octanol–water partition coefficient (Wildman–Crippen LogP) is 3.65. The van der Waals surface area contributed by atoms with Crippen molar-refractivity contribution < 1.29 is 24.5 Å². The van der Waals surface area contributed by atoms with Crippen LogP contribution in [0.5, 0.6) is 17.2 Å². The molecule has 0 spiro atoms. The number of aromatic hydroxyl groups is 2. The van der Waals surface area contributed by atoms with Crippen molar-refractivity contribution in [2.75, 3.05) is 39.5 Å². The third-order valence-corrected chi connectivity index (χ3v) is 7.57. The Morgan fingerprint density at radius 3 is 2.60 bits per heavy atom. The third kappa shape index (κ3) is 6.49. The number of nitrogens with one attached hydrogen (secondary N) is 1. The summed E-state index contributed by atoms with van der Waals surface area (Å²) in [4.78, 5) is 17.7. The summed E-state index contributed by atoms with van der Waals surface area (Å²) in [6.07, 6.45) is 0.161. The second kappa shape index (κ2) is 12.6. The van der Waals surface area contributed by atoms with Gasteiger partial charge in [-0.25, -0.2) is 0 Å². The van der Waals surface area contributed by atoms with Crippen molar-refractivity contribution in [1.82, 2.24) is 15.1 Å². The van der Waals surface area contributed by atoms with Gasteiger partial charge in [0.25, 0.3) is 5.91 Å². The van der Waals surface area contributed by atoms with E-state index in [1.807, 2.05) is 30.3 Å². The van der Waals surface area contributed by atoms with Crippen LogP contribution in [0.4, 0.5) is 0 Å². The van der Waals surface area contributed by atoms with Crippen LogP contribution in [0.3, 0.4) is 0 Å². The summed E-state index contributed by atoms with van der Waals surface area (Å²) in [7, 11) is 0. The Hall–Kier alpha value is -3.81. The maximum Gasteiger partial charge on any atom is 0.259 e. The van der Waals surface area contributed by atoms with Gasteiger partial charge in [0.2, 0.25) is 0 Å². The molecule has 0 radical (unpaired) electrons. The van der Waals surface area contributed by atoms with Gasteiger partial charge in [-0.3, -0.25) is 15.0 Å². The second-order valence-electron chi connectivity index (χ2n) is 9.90. The van der Waals surface area contributed by atoms with Crippen molar-refractivity contribution in [2.24, 2.45) is 0 Å². The van der Waals surface area contributed by atoms with Gasteiger partial charge >= 0.3 is 0 Å². The van der Waals surface area contributed by atoms with E-state index in [-0.39, 0.29) is 34.8 Å². The lowest BCUT2D eigenvalue weighted by Crippen LogP contribution is -2.51. The van der Waals surface area contributed by atoms with E-state index in [2.05, 4.69) is 16.3 Å². The number of phenolic OH excluding ortho intramolecular Hbond substituents is 2. The number of carbonyl (C=O) groups is 1. The van der Waals surface area contributed by atoms with Crippen molar-refractivity contribution in [3.63, 3.8) is 0 Å². The molecule has 0 aromatic heterocycles. The molecule has 0 bridgehead atoms. The number of fused-ring (bicyclic) bond motifs is 1. The van der Waals surface area contributed by atoms with Gasteiger partial charge in [-0.1, -0.05) is 29.8 Å². The molecule has 1 atom stereocenters. The monoisotopic (exact) mass is 562 g/mol. The number of nitrogens with zero attached hydrogens (tertiary/aromatic N) is 3. The zero-order chi connectivity index (χ0) is 28.1. The summed E-state index contributed by atoms with van der Waals surface area (Å²) in [5.74, 6) is -0.322. The standard InChI is InChI=1S/C30H31ClN4O5/c31-26-15-25(27(36)16-28(26)37)30(38)35-19-23-13-24(40-12-9-34-7-10-39-11-8-34)6-5-22(23)14-29(35)33-18-21-3-1-20(17-32)2-4-21/h1-6,13,15-16,29,33,36-37H,7-12,14,18-19H2/t29-/m1/s1. The predicted molar refractivity (Wildman–Crippen MR) is 149 cm³/mol. The molecule has 3 aromatic rings. The van der Waals surface area contributed by atoms with Crippen LogP contribution >= 0.6 is 11.6 Å². The Kier molecular flexibility index (Phi) is 8.72. The number of rotatable bonds is 8. The molecule has 2 aliphatic heterocycles. The molecule has 40 heavy (non-hydrogen) atoms. The zero-order valence-electron chi connectivity index (χ0n) is 22.0. The summed E-state index contributed by atoms with van der Waals surface area (Å²) in [6.45, 7) is 5.41. The molecule has 3 aromatic carbocycles. The summed E-state index contributed by atoms with van der Waals surface area (Å²) < 4.78 is 11.4. The Labute approximate surface area is 238 Å². The van der Waals surface area contributed by atoms with E-state index in [1.165, 1.54) is 6.07 Å². The van der Waals surface area contributed by atoms with Crippen molar-refractivity contribution >= 4 is 17.5 Å². The number of phenols is 2. The van der Waals surface area contributed by atoms with Gasteiger partial charge in [0, 0.05) is 45.2 Å². The minimum Gasteiger partial charge on any atom is -0.507 e. The minimum atomic E-state index is -0.416. The number of hydrogen-bond donors (Lipinski definition) is 3. The number of carbonyl (C=O) groups excluding carboxylic acids is 1. The van der Waals surface area contributed by atoms with Crippen LogP contribution in [0, 0.1) is 11.3 Å². The fourth-order valence-electron chi connectivity index (χ4n) is 4.97. The molecule has 10 heteroatoms. The number of hydrogen-bond acceptors (Lipinski definition) is 8. The van der Waals surface area contributed by atoms with E-state index in [0.717, 1.165) is 61.4 Å². The first kappa shape index (κ1) is 27.7. The quantitative estimate of drug-likeness (QED) is 0.381. The van der Waals surface area contributed by atoms with E-state index < -0.39 is 5.91 Å². The summed E-state index contributed by atoms with van der Waals surface area (Å²) in [5, 5.41) is 32.8. The maximum absolute atomic E-state index is 13.7. The van der Waals surface area contributed by atoms with E-state index in [1.54, 1.807) is 17.0 Å². The van der Waals surface area contributed by atoms with Crippen molar-refractivity contribution in [1.29, 1.82) is 5.26 Å².